The highest BCUT2D eigenvalue weighted by Gasteiger charge is 2.18. The first-order valence-electron chi connectivity index (χ1n) is 9.73. The van der Waals surface area contributed by atoms with Gasteiger partial charge in [-0.2, -0.15) is 0 Å². The molecule has 0 fully saturated rings. The van der Waals surface area contributed by atoms with Crippen molar-refractivity contribution in [2.24, 2.45) is 0 Å². The minimum absolute atomic E-state index is 0.0297. The van der Waals surface area contributed by atoms with Gasteiger partial charge in [0.1, 0.15) is 11.3 Å². The molecule has 30 heavy (non-hydrogen) atoms. The highest BCUT2D eigenvalue weighted by atomic mass is 16.5. The summed E-state index contributed by atoms with van der Waals surface area (Å²) in [5.41, 5.74) is 2.26. The summed E-state index contributed by atoms with van der Waals surface area (Å²) in [6.07, 6.45) is 3.40. The molecule has 8 nitrogen and oxygen atoms in total. The predicted molar refractivity (Wildman–Crippen MR) is 114 cm³/mol. The van der Waals surface area contributed by atoms with Gasteiger partial charge in [-0.3, -0.25) is 23.3 Å². The Balaban J connectivity index is 1.67. The van der Waals surface area contributed by atoms with Gasteiger partial charge in [-0.25, -0.2) is 9.97 Å². The Labute approximate surface area is 173 Å². The lowest BCUT2D eigenvalue weighted by molar-refractivity contribution is 0.0878. The highest BCUT2D eigenvalue weighted by Crippen LogP contribution is 2.12. The van der Waals surface area contributed by atoms with E-state index in [2.05, 4.69) is 14.9 Å². The average molecular weight is 405 g/mol. The quantitative estimate of drug-likeness (QED) is 0.466. The van der Waals surface area contributed by atoms with Crippen LogP contribution in [-0.4, -0.2) is 43.4 Å². The van der Waals surface area contributed by atoms with Crippen LogP contribution in [0.2, 0.25) is 0 Å². The molecule has 154 valence electrons. The molecule has 4 heterocycles. The summed E-state index contributed by atoms with van der Waals surface area (Å²) in [6, 6.07) is 14.0. The van der Waals surface area contributed by atoms with Gasteiger partial charge in [0.2, 0.25) is 0 Å². The van der Waals surface area contributed by atoms with Crippen molar-refractivity contribution in [3.8, 4) is 0 Å². The number of rotatable bonds is 7. The minimum atomic E-state index is -0.128. The van der Waals surface area contributed by atoms with Crippen LogP contribution in [0.3, 0.4) is 0 Å². The van der Waals surface area contributed by atoms with Gasteiger partial charge in [-0.1, -0.05) is 12.1 Å². The van der Waals surface area contributed by atoms with E-state index in [1.54, 1.807) is 55.9 Å². The first kappa shape index (κ1) is 19.9. The van der Waals surface area contributed by atoms with Crippen molar-refractivity contribution in [2.45, 2.75) is 26.1 Å². The van der Waals surface area contributed by atoms with Crippen molar-refractivity contribution >= 4 is 11.3 Å². The molecule has 0 aliphatic carbocycles. The first-order valence-corrected chi connectivity index (χ1v) is 9.73. The maximum atomic E-state index is 12.4. The van der Waals surface area contributed by atoms with Crippen LogP contribution in [0.1, 0.15) is 18.3 Å². The third kappa shape index (κ3) is 4.14. The maximum Gasteiger partial charge on any atom is 0.258 e. The second-order valence-electron chi connectivity index (χ2n) is 7.24. The standard InChI is InChI=1S/C22H23N5O3/c1-16(15-30-2)25(13-17-11-21(28)26-9-5-3-7-19(26)23-17)14-18-12-22(29)27-10-6-4-8-20(27)24-18/h3-12,16H,13-15H2,1-2H3/t16-/m0/s1. The molecule has 0 spiro atoms. The zero-order valence-electron chi connectivity index (χ0n) is 16.9. The second-order valence-corrected chi connectivity index (χ2v) is 7.24. The minimum Gasteiger partial charge on any atom is -0.383 e. The summed E-state index contributed by atoms with van der Waals surface area (Å²) >= 11 is 0. The fourth-order valence-corrected chi connectivity index (χ4v) is 3.50. The Bertz CT molecular complexity index is 1200. The van der Waals surface area contributed by atoms with Crippen molar-refractivity contribution in [1.82, 2.24) is 23.7 Å². The number of pyridine rings is 2. The van der Waals surface area contributed by atoms with E-state index in [-0.39, 0.29) is 17.2 Å². The van der Waals surface area contributed by atoms with Crippen LogP contribution in [0.15, 0.2) is 70.5 Å². The number of nitrogens with zero attached hydrogens (tertiary/aromatic N) is 5. The largest absolute Gasteiger partial charge is 0.383 e. The lowest BCUT2D eigenvalue weighted by atomic mass is 10.2. The zero-order valence-corrected chi connectivity index (χ0v) is 16.9. The van der Waals surface area contributed by atoms with Gasteiger partial charge in [0.05, 0.1) is 18.0 Å². The van der Waals surface area contributed by atoms with Gasteiger partial charge in [0, 0.05) is 50.8 Å². The molecule has 8 heteroatoms. The number of ether oxygens (including phenoxy) is 1. The Kier molecular flexibility index (Phi) is 5.69. The summed E-state index contributed by atoms with van der Waals surface area (Å²) in [5.74, 6) is 0. The normalized spacial score (nSPS) is 12.6. The summed E-state index contributed by atoms with van der Waals surface area (Å²) in [5, 5.41) is 0. The molecule has 0 amide bonds. The molecule has 0 radical (unpaired) electrons. The Hall–Kier alpha value is -3.36. The van der Waals surface area contributed by atoms with Crippen molar-refractivity contribution < 1.29 is 4.74 Å². The van der Waals surface area contributed by atoms with E-state index in [4.69, 9.17) is 4.74 Å². The molecule has 0 unspecified atom stereocenters. The number of fused-ring (bicyclic) bond motifs is 2. The van der Waals surface area contributed by atoms with Gasteiger partial charge >= 0.3 is 0 Å². The molecular formula is C22H23N5O3. The first-order chi connectivity index (χ1) is 14.5. The number of aromatic nitrogens is 4. The Morgan fingerprint density at radius 1 is 0.900 bits per heavy atom. The molecule has 0 aliphatic rings. The molecule has 4 rings (SSSR count). The molecule has 4 aromatic heterocycles. The monoisotopic (exact) mass is 405 g/mol. The number of hydrogen-bond donors (Lipinski definition) is 0. The van der Waals surface area contributed by atoms with Crippen molar-refractivity contribution in [3.63, 3.8) is 0 Å². The summed E-state index contributed by atoms with van der Waals surface area (Å²) < 4.78 is 8.36. The van der Waals surface area contributed by atoms with Crippen LogP contribution in [0.4, 0.5) is 0 Å². The molecule has 0 saturated heterocycles. The van der Waals surface area contributed by atoms with Gasteiger partial charge in [-0.15, -0.1) is 0 Å². The smallest absolute Gasteiger partial charge is 0.258 e. The second kappa shape index (κ2) is 8.56. The van der Waals surface area contributed by atoms with E-state index in [9.17, 15) is 9.59 Å². The molecule has 4 aromatic rings. The van der Waals surface area contributed by atoms with Crippen LogP contribution in [0.5, 0.6) is 0 Å². The van der Waals surface area contributed by atoms with Crippen molar-refractivity contribution in [2.75, 3.05) is 13.7 Å². The van der Waals surface area contributed by atoms with Gasteiger partial charge < -0.3 is 4.74 Å². The molecule has 0 aromatic carbocycles. The third-order valence-corrected chi connectivity index (χ3v) is 5.01. The van der Waals surface area contributed by atoms with Crippen LogP contribution in [0.25, 0.3) is 11.3 Å². The lowest BCUT2D eigenvalue weighted by Crippen LogP contribution is -2.36. The van der Waals surface area contributed by atoms with E-state index >= 15 is 0 Å². The summed E-state index contributed by atoms with van der Waals surface area (Å²) in [7, 11) is 1.65. The molecule has 0 aliphatic heterocycles. The van der Waals surface area contributed by atoms with Gasteiger partial charge in [-0.05, 0) is 31.2 Å². The maximum absolute atomic E-state index is 12.4. The van der Waals surface area contributed by atoms with E-state index in [0.717, 1.165) is 0 Å². The van der Waals surface area contributed by atoms with Crippen LogP contribution in [-0.2, 0) is 17.8 Å². The third-order valence-electron chi connectivity index (χ3n) is 5.01. The van der Waals surface area contributed by atoms with E-state index in [1.807, 2.05) is 19.1 Å². The van der Waals surface area contributed by atoms with Crippen LogP contribution < -0.4 is 11.1 Å². The molecular weight excluding hydrogens is 382 g/mol. The van der Waals surface area contributed by atoms with Gasteiger partial charge in [0.25, 0.3) is 11.1 Å². The topological polar surface area (TPSA) is 81.2 Å². The molecule has 0 bridgehead atoms. The Morgan fingerprint density at radius 3 is 1.87 bits per heavy atom. The number of methoxy groups -OCH3 is 1. The van der Waals surface area contributed by atoms with E-state index < -0.39 is 0 Å². The predicted octanol–water partition coefficient (Wildman–Crippen LogP) is 1.74. The average Bonchev–Trinajstić information content (AvgIpc) is 2.73. The summed E-state index contributed by atoms with van der Waals surface area (Å²) in [6.45, 7) is 3.40. The molecule has 0 saturated carbocycles. The lowest BCUT2D eigenvalue weighted by Gasteiger charge is -2.28. The zero-order chi connectivity index (χ0) is 21.1. The fraction of sp³-hybridized carbons (Fsp3) is 0.273. The molecule has 0 N–H and O–H groups in total. The van der Waals surface area contributed by atoms with E-state index in [0.29, 0.717) is 42.4 Å². The fourth-order valence-electron chi connectivity index (χ4n) is 3.50. The highest BCUT2D eigenvalue weighted by molar-refractivity contribution is 5.39. The number of hydrogen-bond acceptors (Lipinski definition) is 6. The summed E-state index contributed by atoms with van der Waals surface area (Å²) in [4.78, 5) is 36.2. The van der Waals surface area contributed by atoms with Crippen LogP contribution >= 0.6 is 0 Å². The van der Waals surface area contributed by atoms with Crippen molar-refractivity contribution in [1.29, 1.82) is 0 Å². The van der Waals surface area contributed by atoms with Gasteiger partial charge in [0.15, 0.2) is 0 Å². The van der Waals surface area contributed by atoms with E-state index in [1.165, 1.54) is 8.80 Å². The van der Waals surface area contributed by atoms with Crippen LogP contribution in [0, 0.1) is 0 Å². The Morgan fingerprint density at radius 2 is 1.40 bits per heavy atom. The molecule has 1 atom stereocenters. The SMILES string of the molecule is COC[C@H](C)N(Cc1cc(=O)n2ccccc2n1)Cc1cc(=O)n2ccccc2n1. The van der Waals surface area contributed by atoms with Crippen molar-refractivity contribution in [3.05, 3.63) is 93.0 Å².